The molecule has 0 aromatic rings. The number of rotatable bonds is 5. The summed E-state index contributed by atoms with van der Waals surface area (Å²) in [5.41, 5.74) is 0. The third-order valence-electron chi connectivity index (χ3n) is 2.84. The maximum absolute atomic E-state index is 12.0. The Bertz CT molecular complexity index is 319. The molecule has 2 amide bonds. The van der Waals surface area contributed by atoms with Crippen molar-refractivity contribution >= 4 is 12.0 Å². The van der Waals surface area contributed by atoms with Gasteiger partial charge in [-0.2, -0.15) is 0 Å². The van der Waals surface area contributed by atoms with E-state index in [1.807, 2.05) is 6.08 Å². The first kappa shape index (κ1) is 14.5. The molecular formula is C12H20N2O4. The summed E-state index contributed by atoms with van der Waals surface area (Å²) >= 11 is 0. The minimum absolute atomic E-state index is 0.111. The highest BCUT2D eigenvalue weighted by Crippen LogP contribution is 2.08. The molecule has 1 N–H and O–H groups in total. The van der Waals surface area contributed by atoms with Gasteiger partial charge in [0.2, 0.25) is 0 Å². The van der Waals surface area contributed by atoms with Crippen LogP contribution in [-0.4, -0.2) is 66.3 Å². The van der Waals surface area contributed by atoms with Crippen LogP contribution in [0, 0.1) is 0 Å². The van der Waals surface area contributed by atoms with Gasteiger partial charge < -0.3 is 19.6 Å². The van der Waals surface area contributed by atoms with Gasteiger partial charge in [0.25, 0.3) is 0 Å². The lowest BCUT2D eigenvalue weighted by molar-refractivity contribution is -0.154. The molecule has 0 aromatic carbocycles. The zero-order valence-electron chi connectivity index (χ0n) is 10.7. The number of carboxylic acid groups (broad SMARTS) is 1. The fourth-order valence-electron chi connectivity index (χ4n) is 1.78. The molecule has 6 heteroatoms. The number of ether oxygens (including phenoxy) is 1. The Balaban J connectivity index is 2.44. The molecule has 0 radical (unpaired) electrons. The smallest absolute Gasteiger partial charge is 0.334 e. The summed E-state index contributed by atoms with van der Waals surface area (Å²) in [4.78, 5) is 26.0. The Hall–Kier alpha value is -1.56. The van der Waals surface area contributed by atoms with Gasteiger partial charge in [0.1, 0.15) is 0 Å². The Labute approximate surface area is 107 Å². The van der Waals surface area contributed by atoms with Crippen molar-refractivity contribution in [1.82, 2.24) is 9.80 Å². The summed E-state index contributed by atoms with van der Waals surface area (Å²) in [6.45, 7) is 5.08. The van der Waals surface area contributed by atoms with Crippen molar-refractivity contribution in [2.24, 2.45) is 0 Å². The quantitative estimate of drug-likeness (QED) is 0.583. The van der Waals surface area contributed by atoms with E-state index in [9.17, 15) is 9.59 Å². The topological polar surface area (TPSA) is 70.1 Å². The van der Waals surface area contributed by atoms with Gasteiger partial charge in [-0.05, 0) is 12.8 Å². The highest BCUT2D eigenvalue weighted by atomic mass is 16.5. The molecule has 0 saturated carbocycles. The zero-order valence-corrected chi connectivity index (χ0v) is 10.7. The van der Waals surface area contributed by atoms with Gasteiger partial charge >= 0.3 is 12.0 Å². The Morgan fingerprint density at radius 1 is 1.61 bits per heavy atom. The molecule has 1 rings (SSSR count). The summed E-state index contributed by atoms with van der Waals surface area (Å²) in [6.07, 6.45) is 2.62. The van der Waals surface area contributed by atoms with Crippen molar-refractivity contribution in [2.75, 3.05) is 33.3 Å². The van der Waals surface area contributed by atoms with Gasteiger partial charge in [-0.3, -0.25) is 0 Å². The second-order valence-electron chi connectivity index (χ2n) is 4.28. The molecule has 1 atom stereocenters. The Kier molecular flexibility index (Phi) is 5.64. The van der Waals surface area contributed by atoms with Crippen LogP contribution in [0.2, 0.25) is 0 Å². The number of carbonyl (C=O) groups is 2. The largest absolute Gasteiger partial charge is 0.479 e. The Morgan fingerprint density at radius 2 is 2.33 bits per heavy atom. The number of urea groups is 1. The van der Waals surface area contributed by atoms with E-state index >= 15 is 0 Å². The first-order valence-corrected chi connectivity index (χ1v) is 6.01. The van der Waals surface area contributed by atoms with Gasteiger partial charge in [0, 0.05) is 20.1 Å². The maximum Gasteiger partial charge on any atom is 0.334 e. The highest BCUT2D eigenvalue weighted by Gasteiger charge is 2.30. The fourth-order valence-corrected chi connectivity index (χ4v) is 1.78. The standard InChI is InChI=1S/C12H20N2O4/c1-3-4-5-6-13(2)12(17)14-7-8-18-10(9-14)11(15)16/h3,10H,1,4-9H2,2H3,(H,15,16). The molecule has 18 heavy (non-hydrogen) atoms. The number of hydrogen-bond acceptors (Lipinski definition) is 3. The van der Waals surface area contributed by atoms with Crippen LogP contribution in [0.15, 0.2) is 12.7 Å². The van der Waals surface area contributed by atoms with Crippen LogP contribution < -0.4 is 0 Å². The van der Waals surface area contributed by atoms with Crippen LogP contribution >= 0.6 is 0 Å². The first-order chi connectivity index (χ1) is 8.56. The number of carbonyl (C=O) groups excluding carboxylic acids is 1. The number of morpholine rings is 1. The lowest BCUT2D eigenvalue weighted by Gasteiger charge is -2.33. The van der Waals surface area contributed by atoms with Crippen molar-refractivity contribution in [2.45, 2.75) is 18.9 Å². The lowest BCUT2D eigenvalue weighted by Crippen LogP contribution is -2.52. The molecule has 0 spiro atoms. The minimum Gasteiger partial charge on any atom is -0.479 e. The predicted octanol–water partition coefficient (Wildman–Crippen LogP) is 0.790. The summed E-state index contributed by atoms with van der Waals surface area (Å²) in [5.74, 6) is -1.03. The predicted molar refractivity (Wildman–Crippen MR) is 66.4 cm³/mol. The van der Waals surface area contributed by atoms with Crippen LogP contribution in [0.3, 0.4) is 0 Å². The molecule has 1 heterocycles. The number of carboxylic acids is 1. The summed E-state index contributed by atoms with van der Waals surface area (Å²) in [7, 11) is 1.72. The monoisotopic (exact) mass is 256 g/mol. The number of nitrogens with zero attached hydrogens (tertiary/aromatic N) is 2. The lowest BCUT2D eigenvalue weighted by atomic mass is 10.2. The van der Waals surface area contributed by atoms with Crippen LogP contribution in [0.5, 0.6) is 0 Å². The molecule has 1 aliphatic heterocycles. The van der Waals surface area contributed by atoms with Crippen LogP contribution in [-0.2, 0) is 9.53 Å². The molecule has 1 fully saturated rings. The normalized spacial score (nSPS) is 19.4. The fraction of sp³-hybridized carbons (Fsp3) is 0.667. The second-order valence-corrected chi connectivity index (χ2v) is 4.28. The minimum atomic E-state index is -1.03. The molecule has 1 unspecified atom stereocenters. The maximum atomic E-state index is 12.0. The van der Waals surface area contributed by atoms with E-state index in [1.165, 1.54) is 4.90 Å². The molecule has 0 aliphatic carbocycles. The third-order valence-corrected chi connectivity index (χ3v) is 2.84. The molecule has 0 aromatic heterocycles. The van der Waals surface area contributed by atoms with Gasteiger partial charge in [-0.1, -0.05) is 6.08 Å². The Morgan fingerprint density at radius 3 is 2.94 bits per heavy atom. The first-order valence-electron chi connectivity index (χ1n) is 6.01. The van der Waals surface area contributed by atoms with E-state index in [0.29, 0.717) is 13.1 Å². The van der Waals surface area contributed by atoms with Crippen molar-refractivity contribution in [3.63, 3.8) is 0 Å². The van der Waals surface area contributed by atoms with Crippen LogP contribution in [0.1, 0.15) is 12.8 Å². The molecular weight excluding hydrogens is 236 g/mol. The van der Waals surface area contributed by atoms with Crippen molar-refractivity contribution < 1.29 is 19.4 Å². The van der Waals surface area contributed by atoms with Crippen molar-refractivity contribution in [1.29, 1.82) is 0 Å². The number of hydrogen-bond donors (Lipinski definition) is 1. The van der Waals surface area contributed by atoms with E-state index in [0.717, 1.165) is 12.8 Å². The van der Waals surface area contributed by atoms with E-state index in [4.69, 9.17) is 9.84 Å². The molecule has 1 saturated heterocycles. The zero-order chi connectivity index (χ0) is 13.5. The van der Waals surface area contributed by atoms with E-state index in [2.05, 4.69) is 6.58 Å². The number of unbranched alkanes of at least 4 members (excludes halogenated alkanes) is 1. The molecule has 0 bridgehead atoms. The van der Waals surface area contributed by atoms with Gasteiger partial charge in [0.15, 0.2) is 6.10 Å². The van der Waals surface area contributed by atoms with Crippen LogP contribution in [0.25, 0.3) is 0 Å². The second kappa shape index (κ2) is 7.00. The number of aliphatic carboxylic acids is 1. The van der Waals surface area contributed by atoms with Crippen LogP contribution in [0.4, 0.5) is 4.79 Å². The number of allylic oxidation sites excluding steroid dienone is 1. The molecule has 6 nitrogen and oxygen atoms in total. The number of amides is 2. The van der Waals surface area contributed by atoms with Gasteiger partial charge in [-0.15, -0.1) is 6.58 Å². The van der Waals surface area contributed by atoms with Gasteiger partial charge in [0.05, 0.1) is 13.2 Å². The molecule has 1 aliphatic rings. The summed E-state index contributed by atoms with van der Waals surface area (Å²) < 4.78 is 5.07. The average Bonchev–Trinajstić information content (AvgIpc) is 2.38. The average molecular weight is 256 g/mol. The third kappa shape index (κ3) is 4.03. The van der Waals surface area contributed by atoms with E-state index < -0.39 is 12.1 Å². The van der Waals surface area contributed by atoms with Crippen molar-refractivity contribution in [3.8, 4) is 0 Å². The van der Waals surface area contributed by atoms with Crippen molar-refractivity contribution in [3.05, 3.63) is 12.7 Å². The summed E-state index contributed by atoms with van der Waals surface area (Å²) in [5, 5.41) is 8.86. The van der Waals surface area contributed by atoms with Gasteiger partial charge in [-0.25, -0.2) is 9.59 Å². The van der Waals surface area contributed by atoms with E-state index in [-0.39, 0.29) is 19.2 Å². The highest BCUT2D eigenvalue weighted by molar-refractivity contribution is 5.77. The van der Waals surface area contributed by atoms with E-state index in [1.54, 1.807) is 11.9 Å². The SMILES string of the molecule is C=CCCCN(C)C(=O)N1CCOC(C(=O)O)C1. The summed E-state index contributed by atoms with van der Waals surface area (Å²) in [6, 6.07) is -0.145. The molecule has 102 valence electrons.